The van der Waals surface area contributed by atoms with E-state index in [9.17, 15) is 4.57 Å². The molecular weight excluding hydrogens is 187 g/mol. The van der Waals surface area contributed by atoms with E-state index in [2.05, 4.69) is 0 Å². The van der Waals surface area contributed by atoms with Crippen LogP contribution in [-0.4, -0.2) is 18.9 Å². The van der Waals surface area contributed by atoms with E-state index in [4.69, 9.17) is 9.05 Å². The second-order valence-corrected chi connectivity index (χ2v) is 5.46. The molecule has 0 saturated carbocycles. The Morgan fingerprint density at radius 1 is 1.23 bits per heavy atom. The van der Waals surface area contributed by atoms with Crippen LogP contribution < -0.4 is 0 Å². The zero-order valence-corrected chi connectivity index (χ0v) is 9.97. The van der Waals surface area contributed by atoms with Crippen molar-refractivity contribution < 1.29 is 13.6 Å². The molecule has 0 aromatic heterocycles. The summed E-state index contributed by atoms with van der Waals surface area (Å²) in [5.74, 6) is 0. The summed E-state index contributed by atoms with van der Waals surface area (Å²) in [4.78, 5) is 0. The molecule has 0 N–H and O–H groups in total. The molecule has 0 rings (SSSR count). The molecular formula is C9H21O3P. The first-order valence-corrected chi connectivity index (χ1v) is 6.69. The monoisotopic (exact) mass is 208 g/mol. The van der Waals surface area contributed by atoms with Crippen LogP contribution in [0.4, 0.5) is 0 Å². The van der Waals surface area contributed by atoms with Gasteiger partial charge in [0.05, 0.1) is 12.7 Å². The Kier molecular flexibility index (Phi) is 6.66. The lowest BCUT2D eigenvalue weighted by atomic mass is 10.5. The molecule has 3 nitrogen and oxygen atoms in total. The summed E-state index contributed by atoms with van der Waals surface area (Å²) in [5.41, 5.74) is 0. The van der Waals surface area contributed by atoms with Crippen molar-refractivity contribution in [1.82, 2.24) is 0 Å². The van der Waals surface area contributed by atoms with Crippen molar-refractivity contribution in [2.24, 2.45) is 0 Å². The highest BCUT2D eigenvalue weighted by molar-refractivity contribution is 7.53. The molecule has 0 spiro atoms. The molecule has 13 heavy (non-hydrogen) atoms. The fourth-order valence-electron chi connectivity index (χ4n) is 0.973. The SMILES string of the molecule is CCCOP(=O)(CCC)OC(C)C. The molecule has 0 saturated heterocycles. The van der Waals surface area contributed by atoms with E-state index < -0.39 is 7.60 Å². The van der Waals surface area contributed by atoms with Crippen molar-refractivity contribution >= 4 is 7.60 Å². The molecule has 80 valence electrons. The topological polar surface area (TPSA) is 35.5 Å². The van der Waals surface area contributed by atoms with Crippen molar-refractivity contribution in [3.63, 3.8) is 0 Å². The maximum absolute atomic E-state index is 11.9. The van der Waals surface area contributed by atoms with Crippen LogP contribution in [0.3, 0.4) is 0 Å². The molecule has 0 aromatic rings. The van der Waals surface area contributed by atoms with Gasteiger partial charge in [-0.05, 0) is 26.7 Å². The Morgan fingerprint density at radius 3 is 2.23 bits per heavy atom. The standard InChI is InChI=1S/C9H21O3P/c1-5-7-11-13(10,8-6-2)12-9(3)4/h9H,5-8H2,1-4H3. The first-order chi connectivity index (χ1) is 6.04. The lowest BCUT2D eigenvalue weighted by Gasteiger charge is -2.19. The van der Waals surface area contributed by atoms with Gasteiger partial charge >= 0.3 is 7.60 Å². The third-order valence-electron chi connectivity index (χ3n) is 1.36. The van der Waals surface area contributed by atoms with Crippen LogP contribution in [0.2, 0.25) is 0 Å². The average Bonchev–Trinajstić information content (AvgIpc) is 2.00. The van der Waals surface area contributed by atoms with Gasteiger partial charge in [0.15, 0.2) is 0 Å². The minimum atomic E-state index is -2.79. The van der Waals surface area contributed by atoms with Gasteiger partial charge in [-0.25, -0.2) is 0 Å². The summed E-state index contributed by atoms with van der Waals surface area (Å²) in [7, 11) is -2.79. The van der Waals surface area contributed by atoms with Gasteiger partial charge in [0.2, 0.25) is 0 Å². The number of hydrogen-bond acceptors (Lipinski definition) is 3. The molecule has 0 amide bonds. The zero-order chi connectivity index (χ0) is 10.3. The molecule has 0 bridgehead atoms. The van der Waals surface area contributed by atoms with E-state index in [0.717, 1.165) is 12.8 Å². The second-order valence-electron chi connectivity index (χ2n) is 3.32. The van der Waals surface area contributed by atoms with Gasteiger partial charge in [0.25, 0.3) is 0 Å². The van der Waals surface area contributed by atoms with E-state index in [0.29, 0.717) is 12.8 Å². The first kappa shape index (κ1) is 13.2. The normalized spacial score (nSPS) is 16.1. The van der Waals surface area contributed by atoms with Gasteiger partial charge in [-0.15, -0.1) is 0 Å². The largest absolute Gasteiger partial charge is 0.330 e. The minimum absolute atomic E-state index is 0.0331. The van der Waals surface area contributed by atoms with Gasteiger partial charge in [0.1, 0.15) is 0 Å². The van der Waals surface area contributed by atoms with E-state index in [-0.39, 0.29) is 6.10 Å². The number of rotatable bonds is 7. The molecule has 4 heteroatoms. The van der Waals surface area contributed by atoms with E-state index in [1.807, 2.05) is 27.7 Å². The molecule has 0 aromatic carbocycles. The van der Waals surface area contributed by atoms with E-state index in [1.165, 1.54) is 0 Å². The average molecular weight is 208 g/mol. The van der Waals surface area contributed by atoms with Crippen molar-refractivity contribution in [1.29, 1.82) is 0 Å². The van der Waals surface area contributed by atoms with Gasteiger partial charge in [-0.2, -0.15) is 0 Å². The smallest absolute Gasteiger partial charge is 0.309 e. The second kappa shape index (κ2) is 6.58. The van der Waals surface area contributed by atoms with Crippen LogP contribution in [0, 0.1) is 0 Å². The fourth-order valence-corrected chi connectivity index (χ4v) is 2.92. The molecule has 1 unspecified atom stereocenters. The summed E-state index contributed by atoms with van der Waals surface area (Å²) >= 11 is 0. The van der Waals surface area contributed by atoms with Crippen molar-refractivity contribution in [3.05, 3.63) is 0 Å². The summed E-state index contributed by atoms with van der Waals surface area (Å²) < 4.78 is 22.5. The third kappa shape index (κ3) is 6.25. The summed E-state index contributed by atoms with van der Waals surface area (Å²) in [6, 6.07) is 0. The van der Waals surface area contributed by atoms with Crippen LogP contribution in [0.15, 0.2) is 0 Å². The summed E-state index contributed by atoms with van der Waals surface area (Å²) in [6.07, 6.45) is 2.18. The van der Waals surface area contributed by atoms with E-state index in [1.54, 1.807) is 0 Å². The fraction of sp³-hybridized carbons (Fsp3) is 1.00. The molecule has 1 atom stereocenters. The Balaban J connectivity index is 4.08. The van der Waals surface area contributed by atoms with Gasteiger partial charge in [-0.3, -0.25) is 4.57 Å². The Morgan fingerprint density at radius 2 is 1.85 bits per heavy atom. The Hall–Kier alpha value is 0.150. The minimum Gasteiger partial charge on any atom is -0.309 e. The zero-order valence-electron chi connectivity index (χ0n) is 9.08. The summed E-state index contributed by atoms with van der Waals surface area (Å²) in [6.45, 7) is 8.23. The lowest BCUT2D eigenvalue weighted by Crippen LogP contribution is -2.06. The van der Waals surface area contributed by atoms with Crippen LogP contribution in [0.1, 0.15) is 40.5 Å². The number of hydrogen-bond donors (Lipinski definition) is 0. The predicted octanol–water partition coefficient (Wildman–Crippen LogP) is 3.44. The van der Waals surface area contributed by atoms with Crippen LogP contribution in [0.5, 0.6) is 0 Å². The summed E-state index contributed by atoms with van der Waals surface area (Å²) in [5, 5.41) is 0. The quantitative estimate of drug-likeness (QED) is 0.601. The van der Waals surface area contributed by atoms with Crippen molar-refractivity contribution in [2.75, 3.05) is 12.8 Å². The highest BCUT2D eigenvalue weighted by Gasteiger charge is 2.24. The lowest BCUT2D eigenvalue weighted by molar-refractivity contribution is 0.168. The molecule has 0 aliphatic heterocycles. The third-order valence-corrected chi connectivity index (χ3v) is 3.67. The van der Waals surface area contributed by atoms with Crippen LogP contribution >= 0.6 is 7.60 Å². The van der Waals surface area contributed by atoms with Crippen molar-refractivity contribution in [2.45, 2.75) is 46.6 Å². The molecule has 0 aliphatic carbocycles. The maximum Gasteiger partial charge on any atom is 0.330 e. The first-order valence-electron chi connectivity index (χ1n) is 4.96. The predicted molar refractivity (Wildman–Crippen MR) is 55.2 cm³/mol. The van der Waals surface area contributed by atoms with E-state index >= 15 is 0 Å². The highest BCUT2D eigenvalue weighted by Crippen LogP contribution is 2.49. The van der Waals surface area contributed by atoms with Crippen LogP contribution in [-0.2, 0) is 13.6 Å². The Bertz CT molecular complexity index is 168. The van der Waals surface area contributed by atoms with Crippen LogP contribution in [0.25, 0.3) is 0 Å². The highest BCUT2D eigenvalue weighted by atomic mass is 31.2. The maximum atomic E-state index is 11.9. The van der Waals surface area contributed by atoms with Gasteiger partial charge in [-0.1, -0.05) is 13.8 Å². The van der Waals surface area contributed by atoms with Crippen molar-refractivity contribution in [3.8, 4) is 0 Å². The molecule has 0 fully saturated rings. The Labute approximate surface area is 81.3 Å². The molecule has 0 heterocycles. The molecule has 0 aliphatic rings. The molecule has 0 radical (unpaired) electrons. The van der Waals surface area contributed by atoms with Gasteiger partial charge < -0.3 is 9.05 Å². The van der Waals surface area contributed by atoms with Gasteiger partial charge in [0, 0.05) is 6.16 Å².